The summed E-state index contributed by atoms with van der Waals surface area (Å²) in [4.78, 5) is 0. The van der Waals surface area contributed by atoms with Gasteiger partial charge in [0.2, 0.25) is 0 Å². The molecule has 0 heterocycles. The molecule has 166 valence electrons. The Balaban J connectivity index is 1.24. The van der Waals surface area contributed by atoms with E-state index < -0.39 is 0 Å². The third-order valence-corrected chi connectivity index (χ3v) is 10.9. The molecule has 0 aromatic rings. The maximum atomic E-state index is 10.5. The van der Waals surface area contributed by atoms with Gasteiger partial charge in [0.15, 0.2) is 0 Å². The van der Waals surface area contributed by atoms with E-state index in [1.54, 1.807) is 0 Å². The highest BCUT2D eigenvalue weighted by Gasteiger charge is 2.75. The Morgan fingerprint density at radius 3 is 2.57 bits per heavy atom. The summed E-state index contributed by atoms with van der Waals surface area (Å²) < 4.78 is 0. The van der Waals surface area contributed by atoms with Crippen molar-refractivity contribution in [2.24, 2.45) is 46.3 Å². The molecule has 0 radical (unpaired) electrons. The molecule has 3 heteroatoms. The van der Waals surface area contributed by atoms with Gasteiger partial charge in [0.05, 0.1) is 18.3 Å². The first kappa shape index (κ1) is 20.0. The summed E-state index contributed by atoms with van der Waals surface area (Å²) in [5.41, 5.74) is 3.66. The Morgan fingerprint density at radius 1 is 1.00 bits per heavy atom. The number of rotatable bonds is 4. The second kappa shape index (κ2) is 6.68. The monoisotopic (exact) mass is 412 g/mol. The van der Waals surface area contributed by atoms with Gasteiger partial charge in [-0.3, -0.25) is 0 Å². The van der Waals surface area contributed by atoms with Gasteiger partial charge in [-0.2, -0.15) is 0 Å². The lowest BCUT2D eigenvalue weighted by Crippen LogP contribution is -2.42. The van der Waals surface area contributed by atoms with Gasteiger partial charge < -0.3 is 15.3 Å². The Morgan fingerprint density at radius 2 is 1.80 bits per heavy atom. The van der Waals surface area contributed by atoms with Gasteiger partial charge in [-0.1, -0.05) is 38.0 Å². The molecule has 6 aliphatic carbocycles. The summed E-state index contributed by atoms with van der Waals surface area (Å²) in [5, 5.41) is 31.2. The number of hydrogen-bond donors (Lipinski definition) is 3. The predicted octanol–water partition coefficient (Wildman–Crippen LogP) is 4.61. The molecule has 4 fully saturated rings. The van der Waals surface area contributed by atoms with Crippen LogP contribution in [0.3, 0.4) is 0 Å². The van der Waals surface area contributed by atoms with Crippen LogP contribution in [0, 0.1) is 46.3 Å². The van der Waals surface area contributed by atoms with E-state index in [4.69, 9.17) is 0 Å². The van der Waals surface area contributed by atoms with Crippen LogP contribution in [0.1, 0.15) is 78.1 Å². The molecule has 0 aliphatic heterocycles. The van der Waals surface area contributed by atoms with Crippen LogP contribution in [-0.4, -0.2) is 33.6 Å². The lowest BCUT2D eigenvalue weighted by atomic mass is 9.56. The fraction of sp³-hybridized carbons (Fsp3) is 0.852. The van der Waals surface area contributed by atoms with Crippen LogP contribution < -0.4 is 0 Å². The molecule has 0 amide bonds. The van der Waals surface area contributed by atoms with Crippen molar-refractivity contribution >= 4 is 0 Å². The zero-order valence-corrected chi connectivity index (χ0v) is 18.8. The van der Waals surface area contributed by atoms with E-state index in [-0.39, 0.29) is 18.3 Å². The number of hydrogen-bond acceptors (Lipinski definition) is 3. The van der Waals surface area contributed by atoms with Crippen molar-refractivity contribution in [1.82, 2.24) is 0 Å². The SMILES string of the molecule is C[C@H](/C=C/[C@@H](O)C1CC1)[C@H]1CC[C@@H]2[C@]1(C)CCC[C@]21[C@@H]2CC3=C(C[C@@H](O)C[C@@H]3O)[C@@H]21. The van der Waals surface area contributed by atoms with Crippen LogP contribution in [0.4, 0.5) is 0 Å². The second-order valence-corrected chi connectivity index (χ2v) is 12.2. The third kappa shape index (κ3) is 2.67. The maximum absolute atomic E-state index is 10.5. The smallest absolute Gasteiger partial charge is 0.0777 e. The molecule has 0 aromatic heterocycles. The zero-order chi connectivity index (χ0) is 20.8. The van der Waals surface area contributed by atoms with E-state index in [0.29, 0.717) is 35.0 Å². The molecule has 1 spiro atoms. The second-order valence-electron chi connectivity index (χ2n) is 12.2. The fourth-order valence-corrected chi connectivity index (χ4v) is 9.48. The van der Waals surface area contributed by atoms with Crippen molar-refractivity contribution in [3.8, 4) is 0 Å². The highest BCUT2D eigenvalue weighted by atomic mass is 16.3. The number of aliphatic hydroxyl groups is 3. The van der Waals surface area contributed by atoms with E-state index in [2.05, 4.69) is 26.0 Å². The molecule has 0 saturated heterocycles. The van der Waals surface area contributed by atoms with Gasteiger partial charge in [-0.25, -0.2) is 0 Å². The summed E-state index contributed by atoms with van der Waals surface area (Å²) in [5.74, 6) is 3.98. The van der Waals surface area contributed by atoms with Crippen molar-refractivity contribution in [3.05, 3.63) is 23.3 Å². The Kier molecular flexibility index (Phi) is 4.46. The lowest BCUT2D eigenvalue weighted by Gasteiger charge is -2.49. The van der Waals surface area contributed by atoms with Crippen molar-refractivity contribution in [3.63, 3.8) is 0 Å². The third-order valence-electron chi connectivity index (χ3n) is 10.9. The minimum atomic E-state index is -0.386. The lowest BCUT2D eigenvalue weighted by molar-refractivity contribution is 0.00924. The summed E-state index contributed by atoms with van der Waals surface area (Å²) in [6, 6.07) is 0. The molecule has 0 bridgehead atoms. The molecule has 30 heavy (non-hydrogen) atoms. The largest absolute Gasteiger partial charge is 0.393 e. The van der Waals surface area contributed by atoms with E-state index in [0.717, 1.165) is 30.6 Å². The molecule has 3 nitrogen and oxygen atoms in total. The van der Waals surface area contributed by atoms with Crippen LogP contribution in [-0.2, 0) is 0 Å². The standard InChI is InChI=1S/C27H40O3/c1-15(4-8-22(29)16-5-6-16)20-7-9-24-26(20,2)10-3-11-27(24)21-14-18-19(25(21)27)12-17(28)13-23(18)30/h4,8,15-17,20-25,28-30H,3,5-7,9-14H2,1-2H3/b8-4+/t15-,17-,20-,21-,22-,23+,24-,25+,26-,27+/m1/s1. The number of allylic oxidation sites excluding steroid dienone is 1. The van der Waals surface area contributed by atoms with Crippen LogP contribution in [0.15, 0.2) is 23.3 Å². The molecule has 10 atom stereocenters. The molecule has 0 aromatic carbocycles. The van der Waals surface area contributed by atoms with E-state index >= 15 is 0 Å². The molecular weight excluding hydrogens is 372 g/mol. The minimum Gasteiger partial charge on any atom is -0.393 e. The summed E-state index contributed by atoms with van der Waals surface area (Å²) >= 11 is 0. The molecular formula is C27H40O3. The van der Waals surface area contributed by atoms with E-state index in [1.165, 1.54) is 56.1 Å². The average molecular weight is 413 g/mol. The molecule has 6 rings (SSSR count). The Bertz CT molecular complexity index is 781. The first-order valence-corrected chi connectivity index (χ1v) is 12.8. The van der Waals surface area contributed by atoms with Crippen LogP contribution in [0.5, 0.6) is 0 Å². The summed E-state index contributed by atoms with van der Waals surface area (Å²) in [6.45, 7) is 4.98. The van der Waals surface area contributed by atoms with Gasteiger partial charge >= 0.3 is 0 Å². The molecule has 3 N–H and O–H groups in total. The topological polar surface area (TPSA) is 60.7 Å². The van der Waals surface area contributed by atoms with Crippen molar-refractivity contribution in [1.29, 1.82) is 0 Å². The zero-order valence-electron chi connectivity index (χ0n) is 18.8. The maximum Gasteiger partial charge on any atom is 0.0777 e. The highest BCUT2D eigenvalue weighted by Crippen LogP contribution is 2.82. The van der Waals surface area contributed by atoms with Crippen molar-refractivity contribution < 1.29 is 15.3 Å². The number of aliphatic hydroxyl groups excluding tert-OH is 3. The van der Waals surface area contributed by atoms with Crippen molar-refractivity contribution in [2.75, 3.05) is 0 Å². The Hall–Kier alpha value is -0.640. The Labute approximate surface area is 181 Å². The van der Waals surface area contributed by atoms with E-state index in [9.17, 15) is 15.3 Å². The van der Waals surface area contributed by atoms with Gasteiger partial charge in [-0.15, -0.1) is 0 Å². The van der Waals surface area contributed by atoms with Gasteiger partial charge in [0.25, 0.3) is 0 Å². The molecule has 4 saturated carbocycles. The first-order chi connectivity index (χ1) is 14.4. The summed E-state index contributed by atoms with van der Waals surface area (Å²) in [6.07, 6.45) is 15.1. The molecule has 0 unspecified atom stereocenters. The van der Waals surface area contributed by atoms with Gasteiger partial charge in [0, 0.05) is 6.42 Å². The fourth-order valence-electron chi connectivity index (χ4n) is 9.48. The normalized spacial score (nSPS) is 51.8. The quantitative estimate of drug-likeness (QED) is 0.591. The predicted molar refractivity (Wildman–Crippen MR) is 118 cm³/mol. The highest BCUT2D eigenvalue weighted by molar-refractivity contribution is 5.43. The first-order valence-electron chi connectivity index (χ1n) is 12.8. The number of fused-ring (bicyclic) bond motifs is 6. The van der Waals surface area contributed by atoms with Crippen LogP contribution >= 0.6 is 0 Å². The van der Waals surface area contributed by atoms with Gasteiger partial charge in [-0.05, 0) is 103 Å². The van der Waals surface area contributed by atoms with E-state index in [1.807, 2.05) is 0 Å². The average Bonchev–Trinajstić information content (AvgIpc) is 3.56. The summed E-state index contributed by atoms with van der Waals surface area (Å²) in [7, 11) is 0. The van der Waals surface area contributed by atoms with Gasteiger partial charge in [0.1, 0.15) is 0 Å². The van der Waals surface area contributed by atoms with Crippen molar-refractivity contribution in [2.45, 2.75) is 96.4 Å². The van der Waals surface area contributed by atoms with Crippen LogP contribution in [0.25, 0.3) is 0 Å². The van der Waals surface area contributed by atoms with Crippen LogP contribution in [0.2, 0.25) is 0 Å². The molecule has 6 aliphatic rings. The minimum absolute atomic E-state index is 0.229.